The van der Waals surface area contributed by atoms with Crippen molar-refractivity contribution in [3.05, 3.63) is 76.7 Å². The first-order valence-corrected chi connectivity index (χ1v) is 7.89. The Morgan fingerprint density at radius 3 is 2.81 bits per heavy atom. The molecule has 2 heterocycles. The number of para-hydroxylation sites is 1. The smallest absolute Gasteiger partial charge is 0.337 e. The van der Waals surface area contributed by atoms with Gasteiger partial charge in [-0.05, 0) is 35.7 Å². The van der Waals surface area contributed by atoms with Crippen molar-refractivity contribution in [1.82, 2.24) is 20.0 Å². The van der Waals surface area contributed by atoms with Gasteiger partial charge in [-0.1, -0.05) is 29.5 Å². The maximum Gasteiger partial charge on any atom is 0.337 e. The molecule has 0 atom stereocenters. The number of carbonyl (C=O) groups excluding carboxylic acids is 1. The third-order valence-corrected chi connectivity index (χ3v) is 4.05. The number of ether oxygens (including phenoxy) is 1. The van der Waals surface area contributed by atoms with Crippen LogP contribution in [0, 0.1) is 0 Å². The molecule has 0 bridgehead atoms. The van der Waals surface area contributed by atoms with Crippen LogP contribution in [0.4, 0.5) is 0 Å². The number of benzene rings is 2. The summed E-state index contributed by atoms with van der Waals surface area (Å²) in [6.45, 7) is 0. The highest BCUT2D eigenvalue weighted by Gasteiger charge is 2.12. The lowest BCUT2D eigenvalue weighted by Crippen LogP contribution is -2.08. The van der Waals surface area contributed by atoms with Gasteiger partial charge in [-0.15, -0.1) is 5.10 Å². The fourth-order valence-electron chi connectivity index (χ4n) is 2.74. The standard InChI is InChI=1S/C19H14N4O3/c1-26-19(25)13-6-4-7-14(9-13)23-11-17(21-22-23)15-10-12-5-2-3-8-16(12)20-18(15)24/h2-11H,1H3,(H,20,24). The van der Waals surface area contributed by atoms with Crippen molar-refractivity contribution in [2.45, 2.75) is 0 Å². The third kappa shape index (κ3) is 2.75. The molecule has 7 heteroatoms. The van der Waals surface area contributed by atoms with Gasteiger partial charge in [0.2, 0.25) is 0 Å². The number of fused-ring (bicyclic) bond motifs is 1. The first-order chi connectivity index (χ1) is 12.7. The van der Waals surface area contributed by atoms with Gasteiger partial charge in [-0.3, -0.25) is 4.79 Å². The predicted molar refractivity (Wildman–Crippen MR) is 96.3 cm³/mol. The Hall–Kier alpha value is -3.74. The summed E-state index contributed by atoms with van der Waals surface area (Å²) in [5, 5.41) is 9.08. The molecule has 0 unspecified atom stereocenters. The summed E-state index contributed by atoms with van der Waals surface area (Å²) in [6, 6.07) is 16.1. The van der Waals surface area contributed by atoms with Gasteiger partial charge in [0, 0.05) is 5.52 Å². The molecule has 2 aromatic heterocycles. The van der Waals surface area contributed by atoms with Crippen LogP contribution in [0.15, 0.2) is 65.6 Å². The van der Waals surface area contributed by atoms with Crippen LogP contribution >= 0.6 is 0 Å². The van der Waals surface area contributed by atoms with Gasteiger partial charge in [0.05, 0.1) is 30.1 Å². The minimum absolute atomic E-state index is 0.237. The number of methoxy groups -OCH3 is 1. The monoisotopic (exact) mass is 346 g/mol. The second kappa shape index (κ2) is 6.29. The number of H-pyrrole nitrogens is 1. The third-order valence-electron chi connectivity index (χ3n) is 4.05. The summed E-state index contributed by atoms with van der Waals surface area (Å²) in [7, 11) is 1.33. The fraction of sp³-hybridized carbons (Fsp3) is 0.0526. The van der Waals surface area contributed by atoms with E-state index < -0.39 is 5.97 Å². The van der Waals surface area contributed by atoms with Gasteiger partial charge < -0.3 is 9.72 Å². The van der Waals surface area contributed by atoms with E-state index in [0.29, 0.717) is 22.5 Å². The fourth-order valence-corrected chi connectivity index (χ4v) is 2.74. The maximum atomic E-state index is 12.4. The maximum absolute atomic E-state index is 12.4. The van der Waals surface area contributed by atoms with Crippen molar-refractivity contribution in [2.24, 2.45) is 0 Å². The quantitative estimate of drug-likeness (QED) is 0.576. The van der Waals surface area contributed by atoms with E-state index in [1.54, 1.807) is 36.5 Å². The molecular formula is C19H14N4O3. The summed E-state index contributed by atoms with van der Waals surface area (Å²) in [5.74, 6) is -0.432. The van der Waals surface area contributed by atoms with Crippen LogP contribution in [-0.4, -0.2) is 33.1 Å². The lowest BCUT2D eigenvalue weighted by atomic mass is 10.1. The zero-order chi connectivity index (χ0) is 18.1. The number of nitrogens with one attached hydrogen (secondary N) is 1. The minimum atomic E-state index is -0.432. The average Bonchev–Trinajstić information content (AvgIpc) is 3.17. The van der Waals surface area contributed by atoms with E-state index in [1.165, 1.54) is 11.8 Å². The Labute approximate surface area is 147 Å². The van der Waals surface area contributed by atoms with E-state index in [4.69, 9.17) is 4.74 Å². The molecule has 0 spiro atoms. The average molecular weight is 346 g/mol. The van der Waals surface area contributed by atoms with Crippen molar-refractivity contribution in [3.63, 3.8) is 0 Å². The molecule has 0 aliphatic carbocycles. The van der Waals surface area contributed by atoms with Gasteiger partial charge >= 0.3 is 5.97 Å². The SMILES string of the molecule is COC(=O)c1cccc(-n2cc(-c3cc4ccccc4[nH]c3=O)nn2)c1. The van der Waals surface area contributed by atoms with Gasteiger partial charge in [-0.2, -0.15) is 0 Å². The Bertz CT molecular complexity index is 1180. The number of rotatable bonds is 3. The molecule has 0 aliphatic heterocycles. The number of pyridine rings is 1. The van der Waals surface area contributed by atoms with E-state index in [0.717, 1.165) is 10.9 Å². The second-order valence-corrected chi connectivity index (χ2v) is 5.69. The van der Waals surface area contributed by atoms with Gasteiger partial charge in [-0.25, -0.2) is 9.48 Å². The zero-order valence-electron chi connectivity index (χ0n) is 13.8. The Morgan fingerprint density at radius 1 is 1.12 bits per heavy atom. The molecule has 0 saturated carbocycles. The van der Waals surface area contributed by atoms with Crippen LogP contribution < -0.4 is 5.56 Å². The van der Waals surface area contributed by atoms with Crippen LogP contribution in [0.5, 0.6) is 0 Å². The minimum Gasteiger partial charge on any atom is -0.465 e. The van der Waals surface area contributed by atoms with E-state index in [2.05, 4.69) is 15.3 Å². The molecule has 0 fully saturated rings. The number of hydrogen-bond acceptors (Lipinski definition) is 5. The highest BCUT2D eigenvalue weighted by atomic mass is 16.5. The summed E-state index contributed by atoms with van der Waals surface area (Å²) >= 11 is 0. The number of esters is 1. The number of aromatic nitrogens is 4. The van der Waals surface area contributed by atoms with Crippen LogP contribution in [0.3, 0.4) is 0 Å². The Kier molecular flexibility index (Phi) is 3.81. The molecule has 0 radical (unpaired) electrons. The van der Waals surface area contributed by atoms with E-state index in [1.807, 2.05) is 24.3 Å². The number of aromatic amines is 1. The summed E-state index contributed by atoms with van der Waals surface area (Å²) in [6.07, 6.45) is 1.65. The predicted octanol–water partition coefficient (Wildman–Crippen LogP) is 2.56. The number of nitrogens with zero attached hydrogens (tertiary/aromatic N) is 3. The zero-order valence-corrected chi connectivity index (χ0v) is 13.8. The van der Waals surface area contributed by atoms with E-state index in [9.17, 15) is 9.59 Å². The van der Waals surface area contributed by atoms with Gasteiger partial charge in [0.15, 0.2) is 0 Å². The van der Waals surface area contributed by atoms with Crippen molar-refractivity contribution in [3.8, 4) is 16.9 Å². The van der Waals surface area contributed by atoms with Crippen molar-refractivity contribution >= 4 is 16.9 Å². The highest BCUT2D eigenvalue weighted by molar-refractivity contribution is 5.90. The molecule has 1 N–H and O–H groups in total. The van der Waals surface area contributed by atoms with Gasteiger partial charge in [0.1, 0.15) is 5.69 Å². The normalized spacial score (nSPS) is 10.8. The largest absolute Gasteiger partial charge is 0.465 e. The molecule has 128 valence electrons. The lowest BCUT2D eigenvalue weighted by molar-refractivity contribution is 0.0600. The van der Waals surface area contributed by atoms with Crippen LogP contribution in [0.1, 0.15) is 10.4 Å². The first-order valence-electron chi connectivity index (χ1n) is 7.89. The molecule has 4 rings (SSSR count). The van der Waals surface area contributed by atoms with Crippen LogP contribution in [-0.2, 0) is 4.74 Å². The van der Waals surface area contributed by atoms with Gasteiger partial charge in [0.25, 0.3) is 5.56 Å². The second-order valence-electron chi connectivity index (χ2n) is 5.69. The van der Waals surface area contributed by atoms with Crippen LogP contribution in [0.2, 0.25) is 0 Å². The number of hydrogen-bond donors (Lipinski definition) is 1. The highest BCUT2D eigenvalue weighted by Crippen LogP contribution is 2.19. The molecule has 26 heavy (non-hydrogen) atoms. The molecule has 0 saturated heterocycles. The van der Waals surface area contributed by atoms with E-state index in [-0.39, 0.29) is 5.56 Å². The van der Waals surface area contributed by atoms with Crippen molar-refractivity contribution < 1.29 is 9.53 Å². The van der Waals surface area contributed by atoms with Crippen LogP contribution in [0.25, 0.3) is 27.8 Å². The lowest BCUT2D eigenvalue weighted by Gasteiger charge is -2.03. The first kappa shape index (κ1) is 15.8. The molecule has 7 nitrogen and oxygen atoms in total. The molecule has 0 amide bonds. The summed E-state index contributed by atoms with van der Waals surface area (Å²) < 4.78 is 6.24. The molecule has 0 aliphatic rings. The Balaban J connectivity index is 1.76. The molecule has 2 aromatic carbocycles. The summed E-state index contributed by atoms with van der Waals surface area (Å²) in [5.41, 5.74) is 2.45. The number of carbonyl (C=O) groups is 1. The van der Waals surface area contributed by atoms with E-state index >= 15 is 0 Å². The topological polar surface area (TPSA) is 89.9 Å². The van der Waals surface area contributed by atoms with Crippen molar-refractivity contribution in [2.75, 3.05) is 7.11 Å². The molecular weight excluding hydrogens is 332 g/mol. The van der Waals surface area contributed by atoms with Crippen molar-refractivity contribution in [1.29, 1.82) is 0 Å². The Morgan fingerprint density at radius 2 is 1.96 bits per heavy atom. The summed E-state index contributed by atoms with van der Waals surface area (Å²) in [4.78, 5) is 26.9. The molecule has 4 aromatic rings.